The second kappa shape index (κ2) is 4.91. The van der Waals surface area contributed by atoms with Gasteiger partial charge in [0.15, 0.2) is 0 Å². The number of ketones is 2. The summed E-state index contributed by atoms with van der Waals surface area (Å²) in [6.07, 6.45) is 2.63. The molecule has 0 heterocycles. The summed E-state index contributed by atoms with van der Waals surface area (Å²) in [5, 5.41) is 0. The van der Waals surface area contributed by atoms with Crippen molar-refractivity contribution in [3.8, 4) is 0 Å². The highest BCUT2D eigenvalue weighted by Gasteiger charge is 2.34. The van der Waals surface area contributed by atoms with E-state index in [1.54, 1.807) is 0 Å². The van der Waals surface area contributed by atoms with Crippen molar-refractivity contribution in [3.63, 3.8) is 0 Å². The Morgan fingerprint density at radius 1 is 0.867 bits per heavy atom. The summed E-state index contributed by atoms with van der Waals surface area (Å²) in [5.41, 5.74) is 0. The third-order valence-corrected chi connectivity index (χ3v) is 3.38. The third-order valence-electron chi connectivity index (χ3n) is 3.38. The molecule has 0 N–H and O–H groups in total. The molecule has 0 amide bonds. The van der Waals surface area contributed by atoms with Gasteiger partial charge in [-0.3, -0.25) is 9.59 Å². The molecule has 1 rings (SSSR count). The molecule has 0 aromatic rings. The smallest absolute Gasteiger partial charge is 0.138 e. The van der Waals surface area contributed by atoms with Crippen LogP contribution in [0.3, 0.4) is 0 Å². The van der Waals surface area contributed by atoms with Gasteiger partial charge in [-0.25, -0.2) is 0 Å². The van der Waals surface area contributed by atoms with Crippen LogP contribution in [-0.2, 0) is 9.59 Å². The van der Waals surface area contributed by atoms with Gasteiger partial charge in [-0.15, -0.1) is 0 Å². The first-order valence-corrected chi connectivity index (χ1v) is 6.01. The predicted octanol–water partition coefficient (Wildman–Crippen LogP) is 2.85. The summed E-state index contributed by atoms with van der Waals surface area (Å²) in [4.78, 5) is 23.5. The number of hydrogen-bond acceptors (Lipinski definition) is 2. The van der Waals surface area contributed by atoms with E-state index in [0.29, 0.717) is 11.6 Å². The van der Waals surface area contributed by atoms with E-state index in [-0.39, 0.29) is 23.7 Å². The highest BCUT2D eigenvalue weighted by atomic mass is 16.1. The van der Waals surface area contributed by atoms with Crippen molar-refractivity contribution in [1.29, 1.82) is 0 Å². The molecule has 1 aliphatic carbocycles. The van der Waals surface area contributed by atoms with Crippen molar-refractivity contribution in [2.24, 2.45) is 23.7 Å². The molecule has 15 heavy (non-hydrogen) atoms. The molecule has 2 heteroatoms. The quantitative estimate of drug-likeness (QED) is 0.715. The van der Waals surface area contributed by atoms with Gasteiger partial charge in [0.25, 0.3) is 0 Å². The topological polar surface area (TPSA) is 34.1 Å². The first kappa shape index (κ1) is 12.4. The zero-order valence-electron chi connectivity index (χ0n) is 10.2. The first-order chi connectivity index (χ1) is 6.93. The highest BCUT2D eigenvalue weighted by molar-refractivity contribution is 5.87. The van der Waals surface area contributed by atoms with Gasteiger partial charge in [0.05, 0.1) is 0 Å². The lowest BCUT2D eigenvalue weighted by atomic mass is 9.90. The molecular weight excluding hydrogens is 188 g/mol. The molecule has 0 aromatic carbocycles. The molecule has 0 aromatic heterocycles. The minimum Gasteiger partial charge on any atom is -0.299 e. The van der Waals surface area contributed by atoms with E-state index in [0.717, 1.165) is 19.3 Å². The molecule has 1 aliphatic rings. The number of rotatable bonds is 4. The molecule has 0 spiro atoms. The van der Waals surface area contributed by atoms with Crippen molar-refractivity contribution in [2.45, 2.75) is 47.0 Å². The Morgan fingerprint density at radius 3 is 1.47 bits per heavy atom. The van der Waals surface area contributed by atoms with Crippen LogP contribution in [-0.4, -0.2) is 11.6 Å². The molecule has 1 fully saturated rings. The molecule has 0 aliphatic heterocycles. The average molecular weight is 210 g/mol. The van der Waals surface area contributed by atoms with Crippen LogP contribution >= 0.6 is 0 Å². The standard InChI is InChI=1S/C13H22O2/c1-8(2)12(14)10-5-6-11(7-10)13(15)9(3)4/h8-11H,5-7H2,1-4H3/t10-,11+. The van der Waals surface area contributed by atoms with Crippen LogP contribution in [0.4, 0.5) is 0 Å². The van der Waals surface area contributed by atoms with Crippen LogP contribution in [0.1, 0.15) is 47.0 Å². The van der Waals surface area contributed by atoms with E-state index in [2.05, 4.69) is 0 Å². The third kappa shape index (κ3) is 2.90. The molecule has 0 radical (unpaired) electrons. The second-order valence-electron chi connectivity index (χ2n) is 5.32. The second-order valence-corrected chi connectivity index (χ2v) is 5.32. The summed E-state index contributed by atoms with van der Waals surface area (Å²) < 4.78 is 0. The summed E-state index contributed by atoms with van der Waals surface area (Å²) in [7, 11) is 0. The Morgan fingerprint density at radius 2 is 1.20 bits per heavy atom. The first-order valence-electron chi connectivity index (χ1n) is 6.01. The van der Waals surface area contributed by atoms with Crippen LogP contribution in [0, 0.1) is 23.7 Å². The Hall–Kier alpha value is -0.660. The van der Waals surface area contributed by atoms with E-state index in [1.807, 2.05) is 27.7 Å². The average Bonchev–Trinajstić information content (AvgIpc) is 2.63. The number of hydrogen-bond donors (Lipinski definition) is 0. The largest absolute Gasteiger partial charge is 0.299 e. The van der Waals surface area contributed by atoms with Crippen LogP contribution in [0.15, 0.2) is 0 Å². The van der Waals surface area contributed by atoms with Crippen molar-refractivity contribution >= 4 is 11.6 Å². The maximum atomic E-state index is 11.8. The molecule has 1 saturated carbocycles. The van der Waals surface area contributed by atoms with Crippen molar-refractivity contribution in [3.05, 3.63) is 0 Å². The highest BCUT2D eigenvalue weighted by Crippen LogP contribution is 2.34. The van der Waals surface area contributed by atoms with Gasteiger partial charge >= 0.3 is 0 Å². The zero-order chi connectivity index (χ0) is 11.6. The molecule has 0 unspecified atom stereocenters. The van der Waals surface area contributed by atoms with Gasteiger partial charge < -0.3 is 0 Å². The van der Waals surface area contributed by atoms with Crippen LogP contribution in [0.2, 0.25) is 0 Å². The summed E-state index contributed by atoms with van der Waals surface area (Å²) in [6.45, 7) is 7.78. The van der Waals surface area contributed by atoms with E-state index in [1.165, 1.54) is 0 Å². The van der Waals surface area contributed by atoms with Gasteiger partial charge in [0.2, 0.25) is 0 Å². The lowest BCUT2D eigenvalue weighted by Crippen LogP contribution is -2.20. The number of carbonyl (C=O) groups excluding carboxylic acids is 2. The lowest BCUT2D eigenvalue weighted by molar-refractivity contribution is -0.127. The van der Waals surface area contributed by atoms with E-state index in [9.17, 15) is 9.59 Å². The molecular formula is C13H22O2. The van der Waals surface area contributed by atoms with Crippen molar-refractivity contribution in [2.75, 3.05) is 0 Å². The summed E-state index contributed by atoms with van der Waals surface area (Å²) >= 11 is 0. The summed E-state index contributed by atoms with van der Waals surface area (Å²) in [6, 6.07) is 0. The minimum absolute atomic E-state index is 0.114. The molecule has 0 saturated heterocycles. The minimum atomic E-state index is 0.114. The molecule has 2 nitrogen and oxygen atoms in total. The van der Waals surface area contributed by atoms with Gasteiger partial charge in [-0.1, -0.05) is 27.7 Å². The maximum Gasteiger partial charge on any atom is 0.138 e. The van der Waals surface area contributed by atoms with Crippen LogP contribution in [0.5, 0.6) is 0 Å². The van der Waals surface area contributed by atoms with E-state index < -0.39 is 0 Å². The normalized spacial score (nSPS) is 26.3. The van der Waals surface area contributed by atoms with E-state index >= 15 is 0 Å². The van der Waals surface area contributed by atoms with Gasteiger partial charge in [0.1, 0.15) is 11.6 Å². The Balaban J connectivity index is 2.53. The van der Waals surface area contributed by atoms with Crippen molar-refractivity contribution < 1.29 is 9.59 Å². The maximum absolute atomic E-state index is 11.8. The number of Topliss-reactive ketones (excluding diaryl/α,β-unsaturated/α-hetero) is 2. The van der Waals surface area contributed by atoms with Crippen LogP contribution < -0.4 is 0 Å². The van der Waals surface area contributed by atoms with Crippen molar-refractivity contribution in [1.82, 2.24) is 0 Å². The fraction of sp³-hybridized carbons (Fsp3) is 0.846. The Bertz CT molecular complexity index is 227. The SMILES string of the molecule is CC(C)C(=O)[C@@H]1CC[C@H](C(=O)C(C)C)C1. The number of carbonyl (C=O) groups is 2. The fourth-order valence-electron chi connectivity index (χ4n) is 2.44. The lowest BCUT2D eigenvalue weighted by Gasteiger charge is -2.13. The fourth-order valence-corrected chi connectivity index (χ4v) is 2.44. The molecule has 2 atom stereocenters. The Labute approximate surface area is 92.4 Å². The van der Waals surface area contributed by atoms with Gasteiger partial charge in [-0.2, -0.15) is 0 Å². The van der Waals surface area contributed by atoms with E-state index in [4.69, 9.17) is 0 Å². The Kier molecular flexibility index (Phi) is 4.06. The van der Waals surface area contributed by atoms with Crippen LogP contribution in [0.25, 0.3) is 0 Å². The van der Waals surface area contributed by atoms with Gasteiger partial charge in [0, 0.05) is 23.7 Å². The predicted molar refractivity (Wildman–Crippen MR) is 60.5 cm³/mol. The zero-order valence-corrected chi connectivity index (χ0v) is 10.2. The van der Waals surface area contributed by atoms with Gasteiger partial charge in [-0.05, 0) is 19.3 Å². The molecule has 0 bridgehead atoms. The summed E-state index contributed by atoms with van der Waals surface area (Å²) in [5.74, 6) is 1.21. The monoisotopic (exact) mass is 210 g/mol. The molecule has 86 valence electrons.